The fraction of sp³-hybridized carbons (Fsp3) is 0.429. The molecule has 1 heterocycles. The number of carbonyl (C=O) groups excluding carboxylic acids is 1. The molecule has 1 aliphatic rings. The predicted octanol–water partition coefficient (Wildman–Crippen LogP) is 2.06. The Morgan fingerprint density at radius 1 is 1.33 bits per heavy atom. The normalized spacial score (nSPS) is 21.9. The van der Waals surface area contributed by atoms with Gasteiger partial charge in [-0.2, -0.15) is 0 Å². The Morgan fingerprint density at radius 3 is 2.62 bits per heavy atom. The van der Waals surface area contributed by atoms with Crippen molar-refractivity contribution in [2.24, 2.45) is 0 Å². The van der Waals surface area contributed by atoms with Crippen molar-refractivity contribution in [1.29, 1.82) is 0 Å². The summed E-state index contributed by atoms with van der Waals surface area (Å²) in [6, 6.07) is 5.61. The summed E-state index contributed by atoms with van der Waals surface area (Å²) in [6.45, 7) is 1.77. The number of amides is 1. The number of rotatable bonds is 3. The van der Waals surface area contributed by atoms with Crippen molar-refractivity contribution in [3.8, 4) is 0 Å². The largest absolute Gasteiger partial charge is 0.480 e. The highest BCUT2D eigenvalue weighted by Crippen LogP contribution is 2.31. The zero-order valence-electron chi connectivity index (χ0n) is 11.6. The van der Waals surface area contributed by atoms with Crippen LogP contribution in [-0.4, -0.2) is 38.9 Å². The third kappa shape index (κ3) is 2.58. The first-order valence-electron chi connectivity index (χ1n) is 6.66. The number of carboxylic acids is 1. The van der Waals surface area contributed by atoms with Crippen LogP contribution in [0.3, 0.4) is 0 Å². The van der Waals surface area contributed by atoms with Crippen LogP contribution >= 0.6 is 0 Å². The van der Waals surface area contributed by atoms with Gasteiger partial charge in [-0.15, -0.1) is 0 Å². The first-order valence-corrected chi connectivity index (χ1v) is 6.66. The summed E-state index contributed by atoms with van der Waals surface area (Å²) in [4.78, 5) is 35.7. The summed E-state index contributed by atoms with van der Waals surface area (Å²) in [5.74, 6) is -1.69. The molecule has 1 aromatic rings. The van der Waals surface area contributed by atoms with Gasteiger partial charge in [-0.1, -0.05) is 12.1 Å². The third-order valence-electron chi connectivity index (χ3n) is 3.93. The number of benzene rings is 1. The molecule has 0 bridgehead atoms. The molecule has 1 unspecified atom stereocenters. The second-order valence-electron chi connectivity index (χ2n) is 5.27. The van der Waals surface area contributed by atoms with Crippen molar-refractivity contribution < 1.29 is 19.6 Å². The SMILES string of the molecule is CC1(C(=O)O)CCCCN1C(=O)c1ccccc1[N+](=O)[O-]. The molecule has 21 heavy (non-hydrogen) atoms. The lowest BCUT2D eigenvalue weighted by atomic mass is 9.87. The summed E-state index contributed by atoms with van der Waals surface area (Å²) in [7, 11) is 0. The Morgan fingerprint density at radius 2 is 2.00 bits per heavy atom. The van der Waals surface area contributed by atoms with Gasteiger partial charge in [-0.3, -0.25) is 14.9 Å². The van der Waals surface area contributed by atoms with Crippen molar-refractivity contribution in [2.45, 2.75) is 31.7 Å². The van der Waals surface area contributed by atoms with Gasteiger partial charge in [-0.05, 0) is 32.3 Å². The van der Waals surface area contributed by atoms with E-state index in [1.54, 1.807) is 0 Å². The average molecular weight is 292 g/mol. The van der Waals surface area contributed by atoms with E-state index < -0.39 is 22.3 Å². The number of hydrogen-bond acceptors (Lipinski definition) is 4. The maximum atomic E-state index is 12.6. The Balaban J connectivity index is 2.43. The van der Waals surface area contributed by atoms with Crippen LogP contribution in [0.25, 0.3) is 0 Å². The molecule has 1 amide bonds. The van der Waals surface area contributed by atoms with E-state index in [-0.39, 0.29) is 17.8 Å². The minimum Gasteiger partial charge on any atom is -0.480 e. The van der Waals surface area contributed by atoms with Gasteiger partial charge in [0.15, 0.2) is 0 Å². The van der Waals surface area contributed by atoms with Crippen molar-refractivity contribution >= 4 is 17.6 Å². The minimum absolute atomic E-state index is 0.0723. The first kappa shape index (κ1) is 15.0. The fourth-order valence-corrected chi connectivity index (χ4v) is 2.63. The van der Waals surface area contributed by atoms with E-state index in [0.29, 0.717) is 19.3 Å². The molecule has 7 nitrogen and oxygen atoms in total. The maximum Gasteiger partial charge on any atom is 0.329 e. The number of aliphatic carboxylic acids is 1. The number of piperidine rings is 1. The number of nitro benzene ring substituents is 1. The highest BCUT2D eigenvalue weighted by atomic mass is 16.6. The molecule has 0 saturated carbocycles. The molecule has 1 fully saturated rings. The quantitative estimate of drug-likeness (QED) is 0.678. The number of nitrogens with zero attached hydrogens (tertiary/aromatic N) is 2. The van der Waals surface area contributed by atoms with Crippen LogP contribution < -0.4 is 0 Å². The van der Waals surface area contributed by atoms with E-state index in [1.807, 2.05) is 0 Å². The van der Waals surface area contributed by atoms with Crippen LogP contribution in [0.2, 0.25) is 0 Å². The summed E-state index contributed by atoms with van der Waals surface area (Å²) in [5, 5.41) is 20.4. The lowest BCUT2D eigenvalue weighted by Gasteiger charge is -2.41. The van der Waals surface area contributed by atoms with Crippen molar-refractivity contribution in [3.05, 3.63) is 39.9 Å². The van der Waals surface area contributed by atoms with Gasteiger partial charge in [0.25, 0.3) is 11.6 Å². The highest BCUT2D eigenvalue weighted by molar-refractivity contribution is 6.01. The van der Waals surface area contributed by atoms with Crippen molar-refractivity contribution in [3.63, 3.8) is 0 Å². The maximum absolute atomic E-state index is 12.6. The van der Waals surface area contributed by atoms with Gasteiger partial charge in [-0.25, -0.2) is 4.79 Å². The van der Waals surface area contributed by atoms with Gasteiger partial charge in [0, 0.05) is 12.6 Å². The summed E-state index contributed by atoms with van der Waals surface area (Å²) < 4.78 is 0. The van der Waals surface area contributed by atoms with Crippen molar-refractivity contribution in [1.82, 2.24) is 4.90 Å². The molecule has 7 heteroatoms. The number of carboxylic acid groups (broad SMARTS) is 1. The van der Waals surface area contributed by atoms with Gasteiger partial charge in [0.1, 0.15) is 11.1 Å². The Hall–Kier alpha value is -2.44. The lowest BCUT2D eigenvalue weighted by Crippen LogP contribution is -2.57. The van der Waals surface area contributed by atoms with E-state index in [1.165, 1.54) is 36.1 Å². The van der Waals surface area contributed by atoms with E-state index in [9.17, 15) is 24.8 Å². The number of para-hydroxylation sites is 1. The molecule has 1 saturated heterocycles. The van der Waals surface area contributed by atoms with Crippen LogP contribution in [-0.2, 0) is 4.79 Å². The molecule has 0 spiro atoms. The van der Waals surface area contributed by atoms with Crippen LogP contribution in [0, 0.1) is 10.1 Å². The van der Waals surface area contributed by atoms with Gasteiger partial charge in [0.05, 0.1) is 4.92 Å². The molecule has 0 aliphatic carbocycles. The molecule has 1 atom stereocenters. The zero-order valence-corrected chi connectivity index (χ0v) is 11.6. The Bertz CT molecular complexity index is 601. The van der Waals surface area contributed by atoms with E-state index in [4.69, 9.17) is 0 Å². The molecule has 2 rings (SSSR count). The standard InChI is InChI=1S/C14H16N2O5/c1-14(13(18)19)8-4-5-9-15(14)12(17)10-6-2-3-7-11(10)16(20)21/h2-3,6-7H,4-5,8-9H2,1H3,(H,18,19). The molecule has 0 aromatic heterocycles. The number of nitro groups is 1. The molecule has 112 valence electrons. The number of likely N-dealkylation sites (tertiary alicyclic amines) is 1. The molecular formula is C14H16N2O5. The summed E-state index contributed by atoms with van der Waals surface area (Å²) in [6.07, 6.45) is 1.74. The minimum atomic E-state index is -1.32. The highest BCUT2D eigenvalue weighted by Gasteiger charge is 2.45. The van der Waals surface area contributed by atoms with Crippen LogP contribution in [0.4, 0.5) is 5.69 Å². The van der Waals surface area contributed by atoms with Gasteiger partial charge >= 0.3 is 5.97 Å². The predicted molar refractivity (Wildman–Crippen MR) is 74.0 cm³/mol. The van der Waals surface area contributed by atoms with Crippen LogP contribution in [0.5, 0.6) is 0 Å². The lowest BCUT2D eigenvalue weighted by molar-refractivity contribution is -0.385. The molecule has 1 aromatic carbocycles. The average Bonchev–Trinajstić information content (AvgIpc) is 2.47. The van der Waals surface area contributed by atoms with Gasteiger partial charge in [0.2, 0.25) is 0 Å². The summed E-state index contributed by atoms with van der Waals surface area (Å²) >= 11 is 0. The second-order valence-corrected chi connectivity index (χ2v) is 5.27. The van der Waals surface area contributed by atoms with E-state index >= 15 is 0 Å². The zero-order chi connectivity index (χ0) is 15.6. The number of carbonyl (C=O) groups is 2. The topological polar surface area (TPSA) is 101 Å². The fourth-order valence-electron chi connectivity index (χ4n) is 2.63. The van der Waals surface area contributed by atoms with E-state index in [0.717, 1.165) is 0 Å². The van der Waals surface area contributed by atoms with Crippen LogP contribution in [0.15, 0.2) is 24.3 Å². The summed E-state index contributed by atoms with van der Waals surface area (Å²) in [5.41, 5.74) is -1.70. The smallest absolute Gasteiger partial charge is 0.329 e. The Labute approximate surface area is 121 Å². The third-order valence-corrected chi connectivity index (χ3v) is 3.93. The van der Waals surface area contributed by atoms with Crippen LogP contribution in [0.1, 0.15) is 36.5 Å². The molecule has 1 N–H and O–H groups in total. The molecule has 1 aliphatic heterocycles. The van der Waals surface area contributed by atoms with E-state index in [2.05, 4.69) is 0 Å². The second kappa shape index (κ2) is 5.51. The first-order chi connectivity index (χ1) is 9.88. The van der Waals surface area contributed by atoms with Crippen molar-refractivity contribution in [2.75, 3.05) is 6.54 Å². The monoisotopic (exact) mass is 292 g/mol. The number of hydrogen-bond donors (Lipinski definition) is 1. The molecular weight excluding hydrogens is 276 g/mol. The molecule has 0 radical (unpaired) electrons. The Kier molecular flexibility index (Phi) is 3.93. The van der Waals surface area contributed by atoms with Gasteiger partial charge < -0.3 is 10.0 Å².